The maximum atomic E-state index is 10.9. The first-order valence-electron chi connectivity index (χ1n) is 7.28. The number of aromatic carboxylic acids is 1. The van der Waals surface area contributed by atoms with E-state index in [9.17, 15) is 4.79 Å². The van der Waals surface area contributed by atoms with Crippen molar-refractivity contribution >= 4 is 23.3 Å². The van der Waals surface area contributed by atoms with Crippen LogP contribution in [0.25, 0.3) is 0 Å². The molecule has 2 unspecified atom stereocenters. The fraction of sp³-hybridized carbons (Fsp3) is 0.562. The van der Waals surface area contributed by atoms with Gasteiger partial charge in [-0.05, 0) is 42.9 Å². The molecule has 1 aliphatic rings. The third-order valence-corrected chi connectivity index (χ3v) is 4.55. The SMILES string of the molecule is CC(C)C1CCCCC1Nc1ccc(C(=O)O)cc1Cl. The number of nitrogens with one attached hydrogen (secondary N) is 1. The average molecular weight is 296 g/mol. The number of anilines is 1. The maximum Gasteiger partial charge on any atom is 0.335 e. The number of carboxylic acids is 1. The van der Waals surface area contributed by atoms with Gasteiger partial charge in [-0.3, -0.25) is 0 Å². The van der Waals surface area contributed by atoms with E-state index in [0.29, 0.717) is 22.9 Å². The molecule has 1 saturated carbocycles. The highest BCUT2D eigenvalue weighted by atomic mass is 35.5. The van der Waals surface area contributed by atoms with Crippen molar-refractivity contribution in [3.05, 3.63) is 28.8 Å². The molecule has 0 aliphatic heterocycles. The number of hydrogen-bond donors (Lipinski definition) is 2. The Hall–Kier alpha value is -1.22. The molecular weight excluding hydrogens is 274 g/mol. The van der Waals surface area contributed by atoms with Crippen LogP contribution in [0.5, 0.6) is 0 Å². The van der Waals surface area contributed by atoms with Crippen molar-refractivity contribution < 1.29 is 9.90 Å². The lowest BCUT2D eigenvalue weighted by molar-refractivity contribution is 0.0697. The van der Waals surface area contributed by atoms with Gasteiger partial charge in [-0.2, -0.15) is 0 Å². The van der Waals surface area contributed by atoms with E-state index in [1.165, 1.54) is 25.3 Å². The van der Waals surface area contributed by atoms with Crippen LogP contribution in [0.4, 0.5) is 5.69 Å². The standard InChI is InChI=1S/C16H22ClNO2/c1-10(2)12-5-3-4-6-14(12)18-15-8-7-11(16(19)20)9-13(15)17/h7-10,12,14,18H,3-6H2,1-2H3,(H,19,20). The van der Waals surface area contributed by atoms with Crippen molar-refractivity contribution in [2.24, 2.45) is 11.8 Å². The van der Waals surface area contributed by atoms with Gasteiger partial charge in [-0.1, -0.05) is 38.3 Å². The second kappa shape index (κ2) is 6.49. The van der Waals surface area contributed by atoms with Gasteiger partial charge in [0.25, 0.3) is 0 Å². The lowest BCUT2D eigenvalue weighted by Crippen LogP contribution is -2.35. The normalized spacial score (nSPS) is 22.8. The van der Waals surface area contributed by atoms with E-state index in [4.69, 9.17) is 16.7 Å². The Bertz CT molecular complexity index is 487. The van der Waals surface area contributed by atoms with Crippen molar-refractivity contribution in [2.45, 2.75) is 45.6 Å². The van der Waals surface area contributed by atoms with Crippen molar-refractivity contribution in [2.75, 3.05) is 5.32 Å². The van der Waals surface area contributed by atoms with Crippen LogP contribution in [0.1, 0.15) is 49.9 Å². The first-order valence-corrected chi connectivity index (χ1v) is 7.66. The Balaban J connectivity index is 2.14. The summed E-state index contributed by atoms with van der Waals surface area (Å²) in [4.78, 5) is 10.9. The fourth-order valence-corrected chi connectivity index (χ4v) is 3.34. The Morgan fingerprint density at radius 3 is 2.65 bits per heavy atom. The summed E-state index contributed by atoms with van der Waals surface area (Å²) in [5, 5.41) is 13.0. The largest absolute Gasteiger partial charge is 0.478 e. The second-order valence-corrected chi connectivity index (χ2v) is 6.35. The van der Waals surface area contributed by atoms with Gasteiger partial charge in [0.1, 0.15) is 0 Å². The molecule has 0 spiro atoms. The van der Waals surface area contributed by atoms with Gasteiger partial charge in [-0.25, -0.2) is 4.79 Å². The predicted molar refractivity (Wildman–Crippen MR) is 82.6 cm³/mol. The molecule has 1 aromatic rings. The van der Waals surface area contributed by atoms with Crippen molar-refractivity contribution in [3.8, 4) is 0 Å². The third kappa shape index (κ3) is 3.45. The smallest absolute Gasteiger partial charge is 0.335 e. The average Bonchev–Trinajstić information content (AvgIpc) is 2.41. The van der Waals surface area contributed by atoms with E-state index >= 15 is 0 Å². The second-order valence-electron chi connectivity index (χ2n) is 5.94. The van der Waals surface area contributed by atoms with Gasteiger partial charge in [0, 0.05) is 6.04 Å². The summed E-state index contributed by atoms with van der Waals surface area (Å²) in [6, 6.07) is 5.32. The Kier molecular flexibility index (Phi) is 4.92. The number of carboxylic acid groups (broad SMARTS) is 1. The first-order chi connectivity index (χ1) is 9.49. The summed E-state index contributed by atoms with van der Waals surface area (Å²) in [6.07, 6.45) is 4.94. The number of rotatable bonds is 4. The first kappa shape index (κ1) is 15.2. The van der Waals surface area contributed by atoms with Crippen LogP contribution in [0.15, 0.2) is 18.2 Å². The lowest BCUT2D eigenvalue weighted by Gasteiger charge is -2.35. The number of benzene rings is 1. The zero-order valence-electron chi connectivity index (χ0n) is 12.0. The van der Waals surface area contributed by atoms with Crippen LogP contribution < -0.4 is 5.32 Å². The van der Waals surface area contributed by atoms with Gasteiger partial charge in [0.2, 0.25) is 0 Å². The molecule has 2 rings (SSSR count). The van der Waals surface area contributed by atoms with Gasteiger partial charge in [0.05, 0.1) is 16.3 Å². The molecule has 3 nitrogen and oxygen atoms in total. The molecular formula is C16H22ClNO2. The van der Waals surface area contributed by atoms with Crippen LogP contribution >= 0.6 is 11.6 Å². The lowest BCUT2D eigenvalue weighted by atomic mass is 9.78. The number of carbonyl (C=O) groups is 1. The Morgan fingerprint density at radius 2 is 2.05 bits per heavy atom. The molecule has 1 aliphatic carbocycles. The fourth-order valence-electron chi connectivity index (χ4n) is 3.10. The third-order valence-electron chi connectivity index (χ3n) is 4.23. The molecule has 0 heterocycles. The molecule has 4 heteroatoms. The molecule has 110 valence electrons. The molecule has 1 fully saturated rings. The van der Waals surface area contributed by atoms with Crippen molar-refractivity contribution in [3.63, 3.8) is 0 Å². The summed E-state index contributed by atoms with van der Waals surface area (Å²) in [6.45, 7) is 4.53. The summed E-state index contributed by atoms with van der Waals surface area (Å²) in [5.74, 6) is 0.347. The van der Waals surface area contributed by atoms with Crippen LogP contribution in [-0.4, -0.2) is 17.1 Å². The highest BCUT2D eigenvalue weighted by molar-refractivity contribution is 6.33. The van der Waals surface area contributed by atoms with Crippen LogP contribution in [0.2, 0.25) is 5.02 Å². The summed E-state index contributed by atoms with van der Waals surface area (Å²) >= 11 is 6.19. The topological polar surface area (TPSA) is 49.3 Å². The van der Waals surface area contributed by atoms with E-state index in [0.717, 1.165) is 12.1 Å². The highest BCUT2D eigenvalue weighted by Crippen LogP contribution is 2.34. The van der Waals surface area contributed by atoms with Gasteiger partial charge in [-0.15, -0.1) is 0 Å². The van der Waals surface area contributed by atoms with Crippen LogP contribution in [-0.2, 0) is 0 Å². The molecule has 1 aromatic carbocycles. The van der Waals surface area contributed by atoms with Gasteiger partial charge >= 0.3 is 5.97 Å². The van der Waals surface area contributed by atoms with Crippen molar-refractivity contribution in [1.29, 1.82) is 0 Å². The molecule has 0 radical (unpaired) electrons. The molecule has 0 saturated heterocycles. The summed E-state index contributed by atoms with van der Waals surface area (Å²) < 4.78 is 0. The minimum absolute atomic E-state index is 0.226. The maximum absolute atomic E-state index is 10.9. The summed E-state index contributed by atoms with van der Waals surface area (Å²) in [5.41, 5.74) is 1.07. The molecule has 0 aromatic heterocycles. The van der Waals surface area contributed by atoms with E-state index in [-0.39, 0.29) is 5.56 Å². The Labute approximate surface area is 125 Å². The van der Waals surface area contributed by atoms with Gasteiger partial charge < -0.3 is 10.4 Å². The minimum Gasteiger partial charge on any atom is -0.478 e. The molecule has 20 heavy (non-hydrogen) atoms. The van der Waals surface area contributed by atoms with Crippen LogP contribution in [0.3, 0.4) is 0 Å². The predicted octanol–water partition coefficient (Wildman–Crippen LogP) is 4.66. The highest BCUT2D eigenvalue weighted by Gasteiger charge is 2.27. The zero-order chi connectivity index (χ0) is 14.7. The number of hydrogen-bond acceptors (Lipinski definition) is 2. The van der Waals surface area contributed by atoms with E-state index in [1.54, 1.807) is 12.1 Å². The molecule has 2 atom stereocenters. The Morgan fingerprint density at radius 1 is 1.35 bits per heavy atom. The van der Waals surface area contributed by atoms with E-state index < -0.39 is 5.97 Å². The molecule has 2 N–H and O–H groups in total. The van der Waals surface area contributed by atoms with Crippen molar-refractivity contribution in [1.82, 2.24) is 0 Å². The van der Waals surface area contributed by atoms with Crippen LogP contribution in [0, 0.1) is 11.8 Å². The summed E-state index contributed by atoms with van der Waals surface area (Å²) in [7, 11) is 0. The van der Waals surface area contributed by atoms with Gasteiger partial charge in [0.15, 0.2) is 0 Å². The molecule has 0 amide bonds. The number of halogens is 1. The van der Waals surface area contributed by atoms with E-state index in [1.807, 2.05) is 0 Å². The quantitative estimate of drug-likeness (QED) is 0.849. The zero-order valence-corrected chi connectivity index (χ0v) is 12.8. The monoisotopic (exact) mass is 295 g/mol. The minimum atomic E-state index is -0.948. The van der Waals surface area contributed by atoms with E-state index in [2.05, 4.69) is 19.2 Å². The molecule has 0 bridgehead atoms.